The molecular formula is C10H12N2. The molecule has 1 aromatic heterocycles. The van der Waals surface area contributed by atoms with Gasteiger partial charge in [-0.05, 0) is 24.6 Å². The number of nitrogens with one attached hydrogen (secondary N) is 2. The molecule has 0 atom stereocenters. The van der Waals surface area contributed by atoms with Crippen LogP contribution in [0.1, 0.15) is 5.56 Å². The van der Waals surface area contributed by atoms with Gasteiger partial charge in [-0.2, -0.15) is 0 Å². The van der Waals surface area contributed by atoms with Crippen LogP contribution in [0.2, 0.25) is 0 Å². The first-order valence-corrected chi connectivity index (χ1v) is 4.07. The topological polar surface area (TPSA) is 27.8 Å². The lowest BCUT2D eigenvalue weighted by Crippen LogP contribution is -1.85. The number of aryl methyl sites for hydroxylation is 1. The number of aromatic amines is 1. The third kappa shape index (κ3) is 1.05. The molecule has 0 fully saturated rings. The van der Waals surface area contributed by atoms with E-state index in [1.165, 1.54) is 16.5 Å². The maximum absolute atomic E-state index is 3.27. The minimum Gasteiger partial charge on any atom is -0.375 e. The van der Waals surface area contributed by atoms with Crippen LogP contribution in [0.4, 0.5) is 5.82 Å². The van der Waals surface area contributed by atoms with Gasteiger partial charge in [0.2, 0.25) is 0 Å². The predicted molar refractivity (Wildman–Crippen MR) is 52.6 cm³/mol. The Bertz CT molecular complexity index is 401. The van der Waals surface area contributed by atoms with Gasteiger partial charge < -0.3 is 10.3 Å². The lowest BCUT2D eigenvalue weighted by Gasteiger charge is -1.91. The van der Waals surface area contributed by atoms with Crippen molar-refractivity contribution < 1.29 is 0 Å². The first-order valence-electron chi connectivity index (χ1n) is 4.07. The molecule has 2 nitrogen and oxygen atoms in total. The normalized spacial score (nSPS) is 10.5. The molecular weight excluding hydrogens is 148 g/mol. The molecule has 1 heterocycles. The highest BCUT2D eigenvalue weighted by molar-refractivity contribution is 5.84. The molecule has 0 bridgehead atoms. The summed E-state index contributed by atoms with van der Waals surface area (Å²) >= 11 is 0. The Balaban J connectivity index is 2.67. The molecule has 0 saturated heterocycles. The van der Waals surface area contributed by atoms with Crippen molar-refractivity contribution in [3.05, 3.63) is 29.8 Å². The molecule has 2 rings (SSSR count). The lowest BCUT2D eigenvalue weighted by atomic mass is 10.2. The van der Waals surface area contributed by atoms with Gasteiger partial charge in [-0.3, -0.25) is 0 Å². The summed E-state index contributed by atoms with van der Waals surface area (Å²) in [5, 5.41) is 4.33. The van der Waals surface area contributed by atoms with Gasteiger partial charge in [0.1, 0.15) is 5.82 Å². The smallest absolute Gasteiger partial charge is 0.104 e. The van der Waals surface area contributed by atoms with Crippen molar-refractivity contribution in [2.45, 2.75) is 6.92 Å². The van der Waals surface area contributed by atoms with Gasteiger partial charge in [0.25, 0.3) is 0 Å². The Morgan fingerprint density at radius 2 is 2.08 bits per heavy atom. The Morgan fingerprint density at radius 3 is 2.83 bits per heavy atom. The number of rotatable bonds is 1. The zero-order valence-corrected chi connectivity index (χ0v) is 7.31. The van der Waals surface area contributed by atoms with Gasteiger partial charge in [0.05, 0.1) is 0 Å². The standard InChI is InChI=1S/C10H12N2/c1-7-3-4-8-6-10(11-2)12-9(8)5-7/h3-6,11-12H,1-2H3. The van der Waals surface area contributed by atoms with Crippen molar-refractivity contribution in [1.29, 1.82) is 0 Å². The van der Waals surface area contributed by atoms with Gasteiger partial charge in [0, 0.05) is 18.0 Å². The number of H-pyrrole nitrogens is 1. The van der Waals surface area contributed by atoms with Crippen LogP contribution in [-0.4, -0.2) is 12.0 Å². The Hall–Kier alpha value is -1.44. The molecule has 0 radical (unpaired) electrons. The molecule has 0 saturated carbocycles. The van der Waals surface area contributed by atoms with Crippen molar-refractivity contribution in [2.75, 3.05) is 12.4 Å². The molecule has 2 N–H and O–H groups in total. The summed E-state index contributed by atoms with van der Waals surface area (Å²) in [6, 6.07) is 8.50. The molecule has 0 spiro atoms. The maximum Gasteiger partial charge on any atom is 0.104 e. The fourth-order valence-electron chi connectivity index (χ4n) is 1.38. The van der Waals surface area contributed by atoms with Crippen LogP contribution in [0.3, 0.4) is 0 Å². The molecule has 0 amide bonds. The van der Waals surface area contributed by atoms with E-state index >= 15 is 0 Å². The lowest BCUT2D eigenvalue weighted by molar-refractivity contribution is 1.38. The number of fused-ring (bicyclic) bond motifs is 1. The highest BCUT2D eigenvalue weighted by Gasteiger charge is 1.97. The number of hydrogen-bond acceptors (Lipinski definition) is 1. The maximum atomic E-state index is 3.27. The van der Waals surface area contributed by atoms with E-state index in [9.17, 15) is 0 Å². The second kappa shape index (κ2) is 2.55. The average molecular weight is 160 g/mol. The minimum absolute atomic E-state index is 1.07. The molecule has 1 aromatic carbocycles. The second-order valence-corrected chi connectivity index (χ2v) is 3.02. The van der Waals surface area contributed by atoms with Crippen LogP contribution >= 0.6 is 0 Å². The second-order valence-electron chi connectivity index (χ2n) is 3.02. The minimum atomic E-state index is 1.07. The van der Waals surface area contributed by atoms with E-state index in [0.717, 1.165) is 5.82 Å². The van der Waals surface area contributed by atoms with Crippen LogP contribution in [0.25, 0.3) is 10.9 Å². The fraction of sp³-hybridized carbons (Fsp3) is 0.200. The third-order valence-electron chi connectivity index (χ3n) is 2.05. The van der Waals surface area contributed by atoms with Gasteiger partial charge in [-0.1, -0.05) is 12.1 Å². The number of hydrogen-bond donors (Lipinski definition) is 2. The van der Waals surface area contributed by atoms with Crippen molar-refractivity contribution in [3.63, 3.8) is 0 Å². The molecule has 62 valence electrons. The highest BCUT2D eigenvalue weighted by Crippen LogP contribution is 2.18. The summed E-state index contributed by atoms with van der Waals surface area (Å²) in [6.07, 6.45) is 0. The van der Waals surface area contributed by atoms with Gasteiger partial charge in [-0.15, -0.1) is 0 Å². The molecule has 0 aliphatic carbocycles. The van der Waals surface area contributed by atoms with Gasteiger partial charge in [0.15, 0.2) is 0 Å². The average Bonchev–Trinajstić information content (AvgIpc) is 2.46. The molecule has 2 aromatic rings. The summed E-state index contributed by atoms with van der Waals surface area (Å²) in [5.41, 5.74) is 2.48. The third-order valence-corrected chi connectivity index (χ3v) is 2.05. The van der Waals surface area contributed by atoms with E-state index in [1.807, 2.05) is 7.05 Å². The fourth-order valence-corrected chi connectivity index (χ4v) is 1.38. The van der Waals surface area contributed by atoms with Gasteiger partial charge >= 0.3 is 0 Å². The quantitative estimate of drug-likeness (QED) is 0.659. The number of aromatic nitrogens is 1. The van der Waals surface area contributed by atoms with E-state index in [2.05, 4.69) is 41.5 Å². The summed E-state index contributed by atoms with van der Waals surface area (Å²) in [7, 11) is 1.91. The Morgan fingerprint density at radius 1 is 1.25 bits per heavy atom. The molecule has 2 heteroatoms. The zero-order valence-electron chi connectivity index (χ0n) is 7.31. The molecule has 0 aliphatic heterocycles. The number of benzene rings is 1. The van der Waals surface area contributed by atoms with Crippen LogP contribution in [0, 0.1) is 6.92 Å². The van der Waals surface area contributed by atoms with Crippen molar-refractivity contribution in [2.24, 2.45) is 0 Å². The van der Waals surface area contributed by atoms with E-state index in [-0.39, 0.29) is 0 Å². The van der Waals surface area contributed by atoms with Crippen molar-refractivity contribution in [3.8, 4) is 0 Å². The first kappa shape index (κ1) is 7.22. The largest absolute Gasteiger partial charge is 0.375 e. The zero-order chi connectivity index (χ0) is 8.55. The van der Waals surface area contributed by atoms with Crippen molar-refractivity contribution >= 4 is 16.7 Å². The van der Waals surface area contributed by atoms with Crippen molar-refractivity contribution in [1.82, 2.24) is 4.98 Å². The Labute approximate surface area is 71.6 Å². The summed E-state index contributed by atoms with van der Waals surface area (Å²) in [5.74, 6) is 1.07. The summed E-state index contributed by atoms with van der Waals surface area (Å²) in [6.45, 7) is 2.10. The van der Waals surface area contributed by atoms with E-state index in [1.54, 1.807) is 0 Å². The van der Waals surface area contributed by atoms with E-state index < -0.39 is 0 Å². The highest BCUT2D eigenvalue weighted by atomic mass is 15.0. The Kier molecular flexibility index (Phi) is 1.54. The molecule has 0 unspecified atom stereocenters. The van der Waals surface area contributed by atoms with Crippen LogP contribution in [0.15, 0.2) is 24.3 Å². The number of anilines is 1. The van der Waals surface area contributed by atoms with Crippen LogP contribution in [-0.2, 0) is 0 Å². The van der Waals surface area contributed by atoms with Crippen LogP contribution in [0.5, 0.6) is 0 Å². The molecule has 12 heavy (non-hydrogen) atoms. The molecule has 0 aliphatic rings. The van der Waals surface area contributed by atoms with E-state index in [0.29, 0.717) is 0 Å². The first-order chi connectivity index (χ1) is 5.79. The van der Waals surface area contributed by atoms with Crippen LogP contribution < -0.4 is 5.32 Å². The summed E-state index contributed by atoms with van der Waals surface area (Å²) in [4.78, 5) is 3.27. The van der Waals surface area contributed by atoms with E-state index in [4.69, 9.17) is 0 Å². The SMILES string of the molecule is CNc1cc2ccc(C)cc2[nH]1. The van der Waals surface area contributed by atoms with Gasteiger partial charge in [-0.25, -0.2) is 0 Å². The summed E-state index contributed by atoms with van der Waals surface area (Å²) < 4.78 is 0. The predicted octanol–water partition coefficient (Wildman–Crippen LogP) is 2.52. The monoisotopic (exact) mass is 160 g/mol.